The van der Waals surface area contributed by atoms with Gasteiger partial charge < -0.3 is 10.4 Å². The molecule has 0 spiro atoms. The number of hydrogen-bond donors (Lipinski definition) is 2. The smallest absolute Gasteiger partial charge is 0.305 e. The zero-order valence-corrected chi connectivity index (χ0v) is 11.1. The Labute approximate surface area is 116 Å². The molecule has 1 aromatic rings. The number of pyridine rings is 1. The van der Waals surface area contributed by atoms with Gasteiger partial charge in [-0.25, -0.2) is 4.98 Å². The van der Waals surface area contributed by atoms with Crippen LogP contribution in [0.3, 0.4) is 0 Å². The summed E-state index contributed by atoms with van der Waals surface area (Å²) in [6.45, 7) is 1.66. The highest BCUT2D eigenvalue weighted by Gasteiger charge is 2.40. The summed E-state index contributed by atoms with van der Waals surface area (Å²) in [6, 6.07) is 5.01. The third-order valence-electron chi connectivity index (χ3n) is 3.62. The fourth-order valence-corrected chi connectivity index (χ4v) is 2.35. The van der Waals surface area contributed by atoms with Gasteiger partial charge in [0.05, 0.1) is 23.2 Å². The Morgan fingerprint density at radius 1 is 1.50 bits per heavy atom. The Kier molecular flexibility index (Phi) is 3.70. The molecule has 2 rings (SSSR count). The van der Waals surface area contributed by atoms with Crippen LogP contribution in [-0.4, -0.2) is 27.5 Å². The van der Waals surface area contributed by atoms with E-state index in [1.54, 1.807) is 13.0 Å². The first-order chi connectivity index (χ1) is 9.46. The number of carbonyl (C=O) groups is 2. The molecule has 0 atom stereocenters. The number of aromatic nitrogens is 1. The highest BCUT2D eigenvalue weighted by Crippen LogP contribution is 2.35. The lowest BCUT2D eigenvalue weighted by atomic mass is 9.74. The molecule has 0 radical (unpaired) electrons. The predicted molar refractivity (Wildman–Crippen MR) is 70.0 cm³/mol. The Morgan fingerprint density at radius 3 is 2.65 bits per heavy atom. The van der Waals surface area contributed by atoms with Gasteiger partial charge in [0.25, 0.3) is 5.91 Å². The van der Waals surface area contributed by atoms with E-state index in [2.05, 4.69) is 10.3 Å². The monoisotopic (exact) mass is 273 g/mol. The highest BCUT2D eigenvalue weighted by molar-refractivity contribution is 5.93. The van der Waals surface area contributed by atoms with Crippen LogP contribution in [0.2, 0.25) is 0 Å². The van der Waals surface area contributed by atoms with Gasteiger partial charge in [0.1, 0.15) is 11.8 Å². The van der Waals surface area contributed by atoms with Crippen molar-refractivity contribution in [2.75, 3.05) is 0 Å². The normalized spacial score (nSPS) is 15.8. The summed E-state index contributed by atoms with van der Waals surface area (Å²) in [7, 11) is 0. The minimum Gasteiger partial charge on any atom is -0.481 e. The van der Waals surface area contributed by atoms with Gasteiger partial charge >= 0.3 is 5.97 Å². The van der Waals surface area contributed by atoms with Crippen LogP contribution >= 0.6 is 0 Å². The van der Waals surface area contributed by atoms with Crippen molar-refractivity contribution in [2.24, 2.45) is 0 Å². The second kappa shape index (κ2) is 5.29. The molecule has 0 bridgehead atoms. The third kappa shape index (κ3) is 2.77. The van der Waals surface area contributed by atoms with E-state index >= 15 is 0 Å². The number of carboxylic acid groups (broad SMARTS) is 1. The Balaban J connectivity index is 2.14. The number of nitriles is 1. The summed E-state index contributed by atoms with van der Waals surface area (Å²) in [5, 5.41) is 20.5. The maximum atomic E-state index is 12.1. The molecule has 1 heterocycles. The van der Waals surface area contributed by atoms with Crippen molar-refractivity contribution in [3.63, 3.8) is 0 Å². The number of nitrogens with zero attached hydrogens (tertiary/aromatic N) is 2. The number of nitrogens with one attached hydrogen (secondary N) is 1. The van der Waals surface area contributed by atoms with Gasteiger partial charge in [0.2, 0.25) is 0 Å². The number of carboxylic acids is 1. The topological polar surface area (TPSA) is 103 Å². The van der Waals surface area contributed by atoms with E-state index < -0.39 is 17.4 Å². The molecule has 2 N–H and O–H groups in total. The van der Waals surface area contributed by atoms with Gasteiger partial charge in [-0.3, -0.25) is 9.59 Å². The zero-order chi connectivity index (χ0) is 14.8. The molecule has 0 aromatic carbocycles. The maximum Gasteiger partial charge on any atom is 0.305 e. The Morgan fingerprint density at radius 2 is 2.20 bits per heavy atom. The fourth-order valence-electron chi connectivity index (χ4n) is 2.35. The van der Waals surface area contributed by atoms with E-state index in [1.165, 1.54) is 6.07 Å². The highest BCUT2D eigenvalue weighted by atomic mass is 16.4. The number of hydrogen-bond acceptors (Lipinski definition) is 4. The van der Waals surface area contributed by atoms with Crippen LogP contribution < -0.4 is 5.32 Å². The Hall–Kier alpha value is -2.42. The molecule has 1 aliphatic carbocycles. The molecule has 6 heteroatoms. The molecular weight excluding hydrogens is 258 g/mol. The summed E-state index contributed by atoms with van der Waals surface area (Å²) in [5.74, 6) is -1.31. The SMILES string of the molecule is Cc1nc(C(=O)NC2(CC(=O)O)CCC2)ccc1C#N. The lowest BCUT2D eigenvalue weighted by Crippen LogP contribution is -2.54. The molecule has 0 aliphatic heterocycles. The average Bonchev–Trinajstić information content (AvgIpc) is 2.35. The molecule has 1 aromatic heterocycles. The molecule has 20 heavy (non-hydrogen) atoms. The number of amides is 1. The van der Waals surface area contributed by atoms with E-state index in [0.29, 0.717) is 24.1 Å². The summed E-state index contributed by atoms with van der Waals surface area (Å²) < 4.78 is 0. The van der Waals surface area contributed by atoms with Crippen LogP contribution in [-0.2, 0) is 4.79 Å². The van der Waals surface area contributed by atoms with E-state index in [4.69, 9.17) is 10.4 Å². The van der Waals surface area contributed by atoms with Crippen molar-refractivity contribution in [1.29, 1.82) is 5.26 Å². The molecule has 1 fully saturated rings. The third-order valence-corrected chi connectivity index (χ3v) is 3.62. The average molecular weight is 273 g/mol. The Bertz CT molecular complexity index is 600. The summed E-state index contributed by atoms with van der Waals surface area (Å²) >= 11 is 0. The van der Waals surface area contributed by atoms with Crippen LogP contribution in [0.5, 0.6) is 0 Å². The van der Waals surface area contributed by atoms with Crippen LogP contribution in [0, 0.1) is 18.3 Å². The van der Waals surface area contributed by atoms with Gasteiger partial charge in [-0.2, -0.15) is 5.26 Å². The van der Waals surface area contributed by atoms with Crippen molar-refractivity contribution in [1.82, 2.24) is 10.3 Å². The van der Waals surface area contributed by atoms with Crippen LogP contribution in [0.25, 0.3) is 0 Å². The van der Waals surface area contributed by atoms with Gasteiger partial charge in [0.15, 0.2) is 0 Å². The zero-order valence-electron chi connectivity index (χ0n) is 11.1. The van der Waals surface area contributed by atoms with E-state index in [-0.39, 0.29) is 12.1 Å². The second-order valence-electron chi connectivity index (χ2n) is 5.10. The minimum absolute atomic E-state index is 0.0754. The van der Waals surface area contributed by atoms with Gasteiger partial charge in [-0.15, -0.1) is 0 Å². The molecule has 104 valence electrons. The van der Waals surface area contributed by atoms with Crippen molar-refractivity contribution in [3.8, 4) is 6.07 Å². The lowest BCUT2D eigenvalue weighted by Gasteiger charge is -2.41. The van der Waals surface area contributed by atoms with E-state index in [0.717, 1.165) is 6.42 Å². The first-order valence-electron chi connectivity index (χ1n) is 6.38. The number of aryl methyl sites for hydroxylation is 1. The molecular formula is C14H15N3O3. The molecule has 0 saturated heterocycles. The number of aliphatic carboxylic acids is 1. The maximum absolute atomic E-state index is 12.1. The first kappa shape index (κ1) is 14.0. The summed E-state index contributed by atoms with van der Waals surface area (Å²) in [4.78, 5) is 27.1. The standard InChI is InChI=1S/C14H15N3O3/c1-9-10(8-15)3-4-11(16-9)13(20)17-14(5-2-6-14)7-12(18)19/h3-4H,2,5-7H2,1H3,(H,17,20)(H,18,19). The van der Waals surface area contributed by atoms with Gasteiger partial charge in [-0.05, 0) is 38.3 Å². The first-order valence-corrected chi connectivity index (χ1v) is 6.38. The van der Waals surface area contributed by atoms with Crippen molar-refractivity contribution in [2.45, 2.75) is 38.1 Å². The molecule has 1 saturated carbocycles. The largest absolute Gasteiger partial charge is 0.481 e. The van der Waals surface area contributed by atoms with Gasteiger partial charge in [0, 0.05) is 0 Å². The van der Waals surface area contributed by atoms with Crippen LogP contribution in [0.4, 0.5) is 0 Å². The predicted octanol–water partition coefficient (Wildman–Crippen LogP) is 1.39. The second-order valence-corrected chi connectivity index (χ2v) is 5.10. The quantitative estimate of drug-likeness (QED) is 0.862. The van der Waals surface area contributed by atoms with Gasteiger partial charge in [-0.1, -0.05) is 0 Å². The number of rotatable bonds is 4. The number of carbonyl (C=O) groups excluding carboxylic acids is 1. The lowest BCUT2D eigenvalue weighted by molar-refractivity contribution is -0.139. The molecule has 1 amide bonds. The molecule has 6 nitrogen and oxygen atoms in total. The molecule has 0 unspecified atom stereocenters. The minimum atomic E-state index is -0.922. The summed E-state index contributed by atoms with van der Waals surface area (Å²) in [6.07, 6.45) is 2.17. The summed E-state index contributed by atoms with van der Waals surface area (Å²) in [5.41, 5.74) is 0.469. The van der Waals surface area contributed by atoms with Crippen molar-refractivity contribution >= 4 is 11.9 Å². The van der Waals surface area contributed by atoms with Crippen molar-refractivity contribution in [3.05, 3.63) is 29.1 Å². The van der Waals surface area contributed by atoms with Crippen LogP contribution in [0.1, 0.15) is 47.4 Å². The van der Waals surface area contributed by atoms with E-state index in [9.17, 15) is 9.59 Å². The van der Waals surface area contributed by atoms with E-state index in [1.807, 2.05) is 6.07 Å². The van der Waals surface area contributed by atoms with Crippen LogP contribution in [0.15, 0.2) is 12.1 Å². The molecule has 1 aliphatic rings. The van der Waals surface area contributed by atoms with Crippen molar-refractivity contribution < 1.29 is 14.7 Å². The fraction of sp³-hybridized carbons (Fsp3) is 0.429.